The quantitative estimate of drug-likeness (QED) is 0.716. The molecule has 1 N–H and O–H groups in total. The van der Waals surface area contributed by atoms with Crippen LogP contribution in [0.25, 0.3) is 11.1 Å². The molecular formula is C22H26N4O2. The fourth-order valence-electron chi connectivity index (χ4n) is 3.91. The van der Waals surface area contributed by atoms with Gasteiger partial charge in [0.05, 0.1) is 6.20 Å². The standard InChI is InChI=1S/C22H26N4O2/c1-3-5-18-12-20(25-28-18)22(27)26-11-4-6-17(14-26)21-19(13-23-24-21)16-9-7-15(2)8-10-16/h7-10,12-13,17H,3-6,11,14H2,1-2H3,(H,23,24)/t17-/m0/s1. The van der Waals surface area contributed by atoms with Gasteiger partial charge >= 0.3 is 0 Å². The molecule has 6 heteroatoms. The number of hydrogen-bond donors (Lipinski definition) is 1. The summed E-state index contributed by atoms with van der Waals surface area (Å²) in [6.45, 7) is 5.57. The van der Waals surface area contributed by atoms with Gasteiger partial charge in [-0.25, -0.2) is 0 Å². The Hall–Kier alpha value is -2.89. The molecule has 0 aliphatic carbocycles. The van der Waals surface area contributed by atoms with Crippen LogP contribution in [0.1, 0.15) is 59.6 Å². The Bertz CT molecular complexity index is 942. The van der Waals surface area contributed by atoms with Crippen molar-refractivity contribution in [3.8, 4) is 11.1 Å². The minimum Gasteiger partial charge on any atom is -0.361 e. The van der Waals surface area contributed by atoms with Crippen LogP contribution in [0.4, 0.5) is 0 Å². The number of piperidine rings is 1. The molecule has 1 aliphatic heterocycles. The van der Waals surface area contributed by atoms with Gasteiger partial charge in [0.15, 0.2) is 5.69 Å². The third kappa shape index (κ3) is 3.72. The molecule has 0 bridgehead atoms. The van der Waals surface area contributed by atoms with E-state index in [0.717, 1.165) is 54.8 Å². The normalized spacial score (nSPS) is 17.1. The topological polar surface area (TPSA) is 75.0 Å². The molecule has 3 aromatic rings. The van der Waals surface area contributed by atoms with Crippen molar-refractivity contribution in [1.29, 1.82) is 0 Å². The molecule has 2 aromatic heterocycles. The summed E-state index contributed by atoms with van der Waals surface area (Å²) in [5, 5.41) is 11.5. The lowest BCUT2D eigenvalue weighted by Crippen LogP contribution is -2.39. The minimum atomic E-state index is -0.0489. The second-order valence-corrected chi connectivity index (χ2v) is 7.58. The summed E-state index contributed by atoms with van der Waals surface area (Å²) < 4.78 is 5.29. The van der Waals surface area contributed by atoms with Crippen molar-refractivity contribution >= 4 is 5.91 Å². The van der Waals surface area contributed by atoms with E-state index in [1.54, 1.807) is 6.07 Å². The van der Waals surface area contributed by atoms with Crippen LogP contribution in [-0.2, 0) is 6.42 Å². The molecular weight excluding hydrogens is 352 g/mol. The Morgan fingerprint density at radius 1 is 1.32 bits per heavy atom. The molecule has 1 amide bonds. The number of likely N-dealkylation sites (tertiary alicyclic amines) is 1. The van der Waals surface area contributed by atoms with Crippen molar-refractivity contribution in [2.45, 2.75) is 45.4 Å². The molecule has 0 saturated carbocycles. The van der Waals surface area contributed by atoms with Crippen molar-refractivity contribution in [2.24, 2.45) is 0 Å². The summed E-state index contributed by atoms with van der Waals surface area (Å²) in [6, 6.07) is 10.3. The van der Waals surface area contributed by atoms with E-state index in [0.29, 0.717) is 12.2 Å². The first-order valence-corrected chi connectivity index (χ1v) is 10.0. The fraction of sp³-hybridized carbons (Fsp3) is 0.409. The lowest BCUT2D eigenvalue weighted by molar-refractivity contribution is 0.0695. The molecule has 0 radical (unpaired) electrons. The van der Waals surface area contributed by atoms with Gasteiger partial charge in [-0.3, -0.25) is 9.89 Å². The third-order valence-electron chi connectivity index (χ3n) is 5.42. The highest BCUT2D eigenvalue weighted by Gasteiger charge is 2.29. The highest BCUT2D eigenvalue weighted by Crippen LogP contribution is 2.33. The van der Waals surface area contributed by atoms with Crippen molar-refractivity contribution < 1.29 is 9.32 Å². The maximum Gasteiger partial charge on any atom is 0.276 e. The summed E-state index contributed by atoms with van der Waals surface area (Å²) in [5.41, 5.74) is 5.02. The summed E-state index contributed by atoms with van der Waals surface area (Å²) in [7, 11) is 0. The van der Waals surface area contributed by atoms with Gasteiger partial charge in [0.2, 0.25) is 0 Å². The molecule has 28 heavy (non-hydrogen) atoms. The number of carbonyl (C=O) groups excluding carboxylic acids is 1. The number of hydrogen-bond acceptors (Lipinski definition) is 4. The van der Waals surface area contributed by atoms with Crippen molar-refractivity contribution in [1.82, 2.24) is 20.3 Å². The number of amides is 1. The van der Waals surface area contributed by atoms with Gasteiger partial charge in [-0.05, 0) is 31.7 Å². The van der Waals surface area contributed by atoms with Crippen LogP contribution in [0.5, 0.6) is 0 Å². The maximum atomic E-state index is 12.9. The van der Waals surface area contributed by atoms with Crippen molar-refractivity contribution in [3.63, 3.8) is 0 Å². The Balaban J connectivity index is 1.52. The van der Waals surface area contributed by atoms with E-state index in [4.69, 9.17) is 4.52 Å². The maximum absolute atomic E-state index is 12.9. The first-order chi connectivity index (χ1) is 13.7. The van der Waals surface area contributed by atoms with Crippen molar-refractivity contribution in [2.75, 3.05) is 13.1 Å². The minimum absolute atomic E-state index is 0.0489. The third-order valence-corrected chi connectivity index (χ3v) is 5.42. The lowest BCUT2D eigenvalue weighted by atomic mass is 9.90. The van der Waals surface area contributed by atoms with Crippen LogP contribution >= 0.6 is 0 Å². The average molecular weight is 378 g/mol. The molecule has 3 heterocycles. The predicted molar refractivity (Wildman–Crippen MR) is 107 cm³/mol. The smallest absolute Gasteiger partial charge is 0.276 e. The summed E-state index contributed by atoms with van der Waals surface area (Å²) in [6.07, 6.45) is 5.65. The molecule has 0 unspecified atom stereocenters. The summed E-state index contributed by atoms with van der Waals surface area (Å²) in [5.74, 6) is 0.959. The largest absolute Gasteiger partial charge is 0.361 e. The first-order valence-electron chi connectivity index (χ1n) is 10.0. The van der Waals surface area contributed by atoms with E-state index >= 15 is 0 Å². The zero-order valence-corrected chi connectivity index (χ0v) is 16.4. The molecule has 4 rings (SSSR count). The Labute approximate surface area is 164 Å². The van der Waals surface area contributed by atoms with E-state index in [2.05, 4.69) is 53.5 Å². The van der Waals surface area contributed by atoms with Gasteiger partial charge in [-0.2, -0.15) is 5.10 Å². The van der Waals surface area contributed by atoms with E-state index in [1.165, 1.54) is 5.56 Å². The number of H-pyrrole nitrogens is 1. The predicted octanol–water partition coefficient (Wildman–Crippen LogP) is 4.35. The molecule has 1 saturated heterocycles. The molecule has 0 spiro atoms. The van der Waals surface area contributed by atoms with Gasteiger partial charge < -0.3 is 9.42 Å². The van der Waals surface area contributed by atoms with Gasteiger partial charge in [0.25, 0.3) is 5.91 Å². The Morgan fingerprint density at radius 2 is 2.14 bits per heavy atom. The number of aromatic nitrogens is 3. The van der Waals surface area contributed by atoms with Crippen molar-refractivity contribution in [3.05, 3.63) is 59.2 Å². The average Bonchev–Trinajstić information content (AvgIpc) is 3.38. The van der Waals surface area contributed by atoms with E-state index in [9.17, 15) is 4.79 Å². The highest BCUT2D eigenvalue weighted by atomic mass is 16.5. The number of benzene rings is 1. The van der Waals surface area contributed by atoms with E-state index in [1.807, 2.05) is 11.1 Å². The second kappa shape index (κ2) is 8.00. The number of aryl methyl sites for hydroxylation is 2. The fourth-order valence-corrected chi connectivity index (χ4v) is 3.91. The van der Waals surface area contributed by atoms with Crippen LogP contribution in [0.2, 0.25) is 0 Å². The number of carbonyl (C=O) groups is 1. The monoisotopic (exact) mass is 378 g/mol. The van der Waals surface area contributed by atoms with Crippen LogP contribution in [0, 0.1) is 6.92 Å². The van der Waals surface area contributed by atoms with E-state index in [-0.39, 0.29) is 11.8 Å². The van der Waals surface area contributed by atoms with Crippen LogP contribution in [0.3, 0.4) is 0 Å². The molecule has 1 atom stereocenters. The summed E-state index contributed by atoms with van der Waals surface area (Å²) in [4.78, 5) is 14.8. The van der Waals surface area contributed by atoms with Gasteiger partial charge in [0, 0.05) is 42.8 Å². The van der Waals surface area contributed by atoms with Crippen LogP contribution in [0.15, 0.2) is 41.1 Å². The van der Waals surface area contributed by atoms with Crippen LogP contribution in [-0.4, -0.2) is 39.3 Å². The van der Waals surface area contributed by atoms with Gasteiger partial charge in [0.1, 0.15) is 5.76 Å². The Kier molecular flexibility index (Phi) is 5.28. The van der Waals surface area contributed by atoms with Crippen LogP contribution < -0.4 is 0 Å². The second-order valence-electron chi connectivity index (χ2n) is 7.58. The zero-order valence-electron chi connectivity index (χ0n) is 16.4. The molecule has 1 aliphatic rings. The SMILES string of the molecule is CCCc1cc(C(=O)N2CCC[C@H](c3[nH]ncc3-c3ccc(C)cc3)C2)no1. The number of aromatic amines is 1. The molecule has 146 valence electrons. The van der Waals surface area contributed by atoms with Gasteiger partial charge in [-0.1, -0.05) is 41.9 Å². The highest BCUT2D eigenvalue weighted by molar-refractivity contribution is 5.92. The molecule has 1 fully saturated rings. The Morgan fingerprint density at radius 3 is 2.93 bits per heavy atom. The first kappa shape index (κ1) is 18.5. The summed E-state index contributed by atoms with van der Waals surface area (Å²) >= 11 is 0. The number of rotatable bonds is 5. The van der Waals surface area contributed by atoms with E-state index < -0.39 is 0 Å². The number of nitrogens with one attached hydrogen (secondary N) is 1. The van der Waals surface area contributed by atoms with Gasteiger partial charge in [-0.15, -0.1) is 0 Å². The zero-order chi connectivity index (χ0) is 19.5. The molecule has 6 nitrogen and oxygen atoms in total. The number of nitrogens with zero attached hydrogens (tertiary/aromatic N) is 3. The lowest BCUT2D eigenvalue weighted by Gasteiger charge is -2.32. The molecule has 1 aromatic carbocycles.